The number of hydrogen-bond donors (Lipinski definition) is 1. The van der Waals surface area contributed by atoms with Crippen LogP contribution in [0.5, 0.6) is 0 Å². The van der Waals surface area contributed by atoms with Gasteiger partial charge in [-0.3, -0.25) is 0 Å². The van der Waals surface area contributed by atoms with Crippen LogP contribution in [0.4, 0.5) is 4.39 Å². The molecule has 18 heavy (non-hydrogen) atoms. The van der Waals surface area contributed by atoms with Gasteiger partial charge in [0.25, 0.3) is 0 Å². The molecule has 0 amide bonds. The molecule has 0 spiro atoms. The SMILES string of the molecule is CCC(C)CC(CC)N[C@@H](C)c1cccc(F)c1. The van der Waals surface area contributed by atoms with Gasteiger partial charge in [0, 0.05) is 12.1 Å². The van der Waals surface area contributed by atoms with Gasteiger partial charge in [-0.25, -0.2) is 4.39 Å². The van der Waals surface area contributed by atoms with Crippen LogP contribution in [-0.2, 0) is 0 Å². The van der Waals surface area contributed by atoms with E-state index >= 15 is 0 Å². The van der Waals surface area contributed by atoms with Crippen molar-refractivity contribution in [3.05, 3.63) is 35.6 Å². The first-order valence-electron chi connectivity index (χ1n) is 7.08. The van der Waals surface area contributed by atoms with E-state index in [0.29, 0.717) is 6.04 Å². The Labute approximate surface area is 111 Å². The van der Waals surface area contributed by atoms with Crippen LogP contribution in [0, 0.1) is 11.7 Å². The maximum atomic E-state index is 13.2. The molecule has 0 radical (unpaired) electrons. The lowest BCUT2D eigenvalue weighted by atomic mass is 9.96. The Hall–Kier alpha value is -0.890. The summed E-state index contributed by atoms with van der Waals surface area (Å²) in [5.41, 5.74) is 1.03. The zero-order valence-electron chi connectivity index (χ0n) is 12.0. The second kappa shape index (κ2) is 7.52. The summed E-state index contributed by atoms with van der Waals surface area (Å²) in [5, 5.41) is 3.61. The molecule has 0 saturated carbocycles. The van der Waals surface area contributed by atoms with E-state index < -0.39 is 0 Å². The molecule has 0 aliphatic rings. The molecule has 0 aliphatic carbocycles. The van der Waals surface area contributed by atoms with Gasteiger partial charge in [-0.2, -0.15) is 0 Å². The molecule has 1 aromatic carbocycles. The Bertz CT molecular complexity index is 351. The van der Waals surface area contributed by atoms with Crippen LogP contribution < -0.4 is 5.32 Å². The number of halogens is 1. The highest BCUT2D eigenvalue weighted by Gasteiger charge is 2.14. The topological polar surface area (TPSA) is 12.0 Å². The van der Waals surface area contributed by atoms with E-state index in [9.17, 15) is 4.39 Å². The summed E-state index contributed by atoms with van der Waals surface area (Å²) in [5.74, 6) is 0.582. The van der Waals surface area contributed by atoms with Gasteiger partial charge >= 0.3 is 0 Å². The third-order valence-electron chi connectivity index (χ3n) is 3.71. The quantitative estimate of drug-likeness (QED) is 0.741. The molecule has 1 rings (SSSR count). The van der Waals surface area contributed by atoms with Crippen molar-refractivity contribution in [3.63, 3.8) is 0 Å². The second-order valence-electron chi connectivity index (χ2n) is 5.30. The van der Waals surface area contributed by atoms with Crippen molar-refractivity contribution in [2.45, 2.75) is 59.0 Å². The third kappa shape index (κ3) is 4.77. The van der Waals surface area contributed by atoms with E-state index in [-0.39, 0.29) is 11.9 Å². The summed E-state index contributed by atoms with van der Waals surface area (Å²) in [7, 11) is 0. The molecule has 2 heteroatoms. The fraction of sp³-hybridized carbons (Fsp3) is 0.625. The fourth-order valence-corrected chi connectivity index (χ4v) is 2.23. The maximum absolute atomic E-state index is 13.2. The lowest BCUT2D eigenvalue weighted by Crippen LogP contribution is -2.32. The van der Waals surface area contributed by atoms with Crippen LogP contribution in [0.3, 0.4) is 0 Å². The van der Waals surface area contributed by atoms with Crippen molar-refractivity contribution in [2.24, 2.45) is 5.92 Å². The predicted molar refractivity (Wildman–Crippen MR) is 76.1 cm³/mol. The molecule has 0 bridgehead atoms. The van der Waals surface area contributed by atoms with Gasteiger partial charge in [-0.05, 0) is 43.4 Å². The molecule has 1 N–H and O–H groups in total. The van der Waals surface area contributed by atoms with Crippen molar-refractivity contribution in [3.8, 4) is 0 Å². The number of benzene rings is 1. The molecule has 0 aliphatic heterocycles. The average Bonchev–Trinajstić information content (AvgIpc) is 2.37. The Morgan fingerprint density at radius 3 is 2.44 bits per heavy atom. The standard InChI is InChI=1S/C16H26FN/c1-5-12(3)10-16(6-2)18-13(4)14-8-7-9-15(17)11-14/h7-9,11-13,16,18H,5-6,10H2,1-4H3/t12?,13-,16?/m0/s1. The third-order valence-corrected chi connectivity index (χ3v) is 3.71. The molecule has 0 aromatic heterocycles. The van der Waals surface area contributed by atoms with Crippen LogP contribution in [-0.4, -0.2) is 6.04 Å². The minimum Gasteiger partial charge on any atom is -0.307 e. The van der Waals surface area contributed by atoms with Crippen molar-refractivity contribution in [1.29, 1.82) is 0 Å². The molecule has 0 heterocycles. The summed E-state index contributed by atoms with van der Waals surface area (Å²) < 4.78 is 13.2. The van der Waals surface area contributed by atoms with Crippen molar-refractivity contribution in [1.82, 2.24) is 5.32 Å². The van der Waals surface area contributed by atoms with Gasteiger partial charge < -0.3 is 5.32 Å². The largest absolute Gasteiger partial charge is 0.307 e. The highest BCUT2D eigenvalue weighted by molar-refractivity contribution is 5.19. The number of hydrogen-bond acceptors (Lipinski definition) is 1. The lowest BCUT2D eigenvalue weighted by Gasteiger charge is -2.25. The van der Waals surface area contributed by atoms with E-state index in [0.717, 1.165) is 17.9 Å². The van der Waals surface area contributed by atoms with Gasteiger partial charge in [0.05, 0.1) is 0 Å². The van der Waals surface area contributed by atoms with Crippen LogP contribution in [0.25, 0.3) is 0 Å². The number of nitrogens with one attached hydrogen (secondary N) is 1. The fourth-order valence-electron chi connectivity index (χ4n) is 2.23. The minimum absolute atomic E-state index is 0.156. The van der Waals surface area contributed by atoms with E-state index in [4.69, 9.17) is 0 Å². The van der Waals surface area contributed by atoms with Crippen molar-refractivity contribution in [2.75, 3.05) is 0 Å². The van der Waals surface area contributed by atoms with Crippen molar-refractivity contribution < 1.29 is 4.39 Å². The minimum atomic E-state index is -0.156. The zero-order valence-corrected chi connectivity index (χ0v) is 12.0. The first-order valence-corrected chi connectivity index (χ1v) is 7.08. The highest BCUT2D eigenvalue weighted by Crippen LogP contribution is 2.18. The smallest absolute Gasteiger partial charge is 0.123 e. The molecule has 1 nitrogen and oxygen atoms in total. The van der Waals surface area contributed by atoms with Crippen molar-refractivity contribution >= 4 is 0 Å². The predicted octanol–water partition coefficient (Wildman–Crippen LogP) is 4.69. The van der Waals surface area contributed by atoms with Crippen LogP contribution in [0.1, 0.15) is 58.6 Å². The van der Waals surface area contributed by atoms with Gasteiger partial charge in [0.2, 0.25) is 0 Å². The number of rotatable bonds is 7. The average molecular weight is 251 g/mol. The first kappa shape index (κ1) is 15.2. The van der Waals surface area contributed by atoms with E-state index in [1.54, 1.807) is 12.1 Å². The molecule has 0 fully saturated rings. The highest BCUT2D eigenvalue weighted by atomic mass is 19.1. The second-order valence-corrected chi connectivity index (χ2v) is 5.30. The van der Waals surface area contributed by atoms with Crippen LogP contribution in [0.15, 0.2) is 24.3 Å². The summed E-state index contributed by atoms with van der Waals surface area (Å²) in [6, 6.07) is 7.59. The summed E-state index contributed by atoms with van der Waals surface area (Å²) in [6.45, 7) is 8.83. The lowest BCUT2D eigenvalue weighted by molar-refractivity contribution is 0.358. The summed E-state index contributed by atoms with van der Waals surface area (Å²) >= 11 is 0. The molecule has 1 aromatic rings. The van der Waals surface area contributed by atoms with Crippen LogP contribution in [0.2, 0.25) is 0 Å². The van der Waals surface area contributed by atoms with E-state index in [1.165, 1.54) is 18.9 Å². The molecular formula is C16H26FN. The molecule has 2 unspecified atom stereocenters. The van der Waals surface area contributed by atoms with E-state index in [2.05, 4.69) is 33.0 Å². The van der Waals surface area contributed by atoms with E-state index in [1.807, 2.05) is 6.07 Å². The monoisotopic (exact) mass is 251 g/mol. The van der Waals surface area contributed by atoms with Gasteiger partial charge in [-0.15, -0.1) is 0 Å². The molecular weight excluding hydrogens is 225 g/mol. The zero-order chi connectivity index (χ0) is 13.5. The Morgan fingerprint density at radius 2 is 1.89 bits per heavy atom. The Kier molecular flexibility index (Phi) is 6.34. The first-order chi connectivity index (χ1) is 8.56. The normalized spacial score (nSPS) is 16.3. The van der Waals surface area contributed by atoms with Gasteiger partial charge in [0.15, 0.2) is 0 Å². The van der Waals surface area contributed by atoms with Gasteiger partial charge in [0.1, 0.15) is 5.82 Å². The Balaban J connectivity index is 2.59. The molecule has 0 saturated heterocycles. The Morgan fingerprint density at radius 1 is 1.17 bits per heavy atom. The molecule has 102 valence electrons. The molecule has 3 atom stereocenters. The summed E-state index contributed by atoms with van der Waals surface area (Å²) in [4.78, 5) is 0. The summed E-state index contributed by atoms with van der Waals surface area (Å²) in [6.07, 6.45) is 3.52. The van der Waals surface area contributed by atoms with Crippen LogP contribution >= 0.6 is 0 Å². The maximum Gasteiger partial charge on any atom is 0.123 e. The van der Waals surface area contributed by atoms with Gasteiger partial charge in [-0.1, -0.05) is 39.3 Å².